The maximum atomic E-state index is 13.3. The van der Waals surface area contributed by atoms with Crippen molar-refractivity contribution in [2.75, 3.05) is 54.4 Å². The number of rotatable bonds is 10. The van der Waals surface area contributed by atoms with Gasteiger partial charge in [-0.1, -0.05) is 30.3 Å². The van der Waals surface area contributed by atoms with E-state index >= 15 is 0 Å². The second-order valence-corrected chi connectivity index (χ2v) is 12.5. The highest BCUT2D eigenvalue weighted by Crippen LogP contribution is 2.34. The standard InChI is InChI=1S/C29H44N4O4S/c1-21-20-26(37-7)22(2)23(3)28(21)38(35,36)32(6)17-11-16-30-29(34)33-18-14-25(15-19-33)27(31(4)5)24-12-9-8-10-13-24/h8-10,12-13,20,25,27H,11,14-19H2,1-7H3,(H,30,34). The van der Waals surface area contributed by atoms with Crippen molar-refractivity contribution in [2.24, 2.45) is 5.92 Å². The minimum atomic E-state index is -3.66. The molecule has 210 valence electrons. The minimum Gasteiger partial charge on any atom is -0.496 e. The van der Waals surface area contributed by atoms with Crippen LogP contribution in [0.15, 0.2) is 41.3 Å². The van der Waals surface area contributed by atoms with Crippen LogP contribution in [0.2, 0.25) is 0 Å². The number of ether oxygens (including phenoxy) is 1. The van der Waals surface area contributed by atoms with Crippen LogP contribution in [-0.4, -0.2) is 83.0 Å². The van der Waals surface area contributed by atoms with Gasteiger partial charge in [-0.3, -0.25) is 0 Å². The molecule has 0 saturated carbocycles. The number of likely N-dealkylation sites (tertiary alicyclic amines) is 1. The SMILES string of the molecule is COc1cc(C)c(S(=O)(=O)N(C)CCCNC(=O)N2CCC(C(c3ccccc3)N(C)C)CC2)c(C)c1C. The molecule has 1 saturated heterocycles. The molecule has 2 aromatic rings. The van der Waals surface area contributed by atoms with Crippen molar-refractivity contribution in [3.63, 3.8) is 0 Å². The van der Waals surface area contributed by atoms with E-state index in [4.69, 9.17) is 4.74 Å². The highest BCUT2D eigenvalue weighted by atomic mass is 32.2. The summed E-state index contributed by atoms with van der Waals surface area (Å²) in [5.41, 5.74) is 3.50. The van der Waals surface area contributed by atoms with E-state index in [0.717, 1.165) is 31.5 Å². The van der Waals surface area contributed by atoms with E-state index in [-0.39, 0.29) is 6.03 Å². The van der Waals surface area contributed by atoms with Gasteiger partial charge in [0.05, 0.1) is 12.0 Å². The number of piperidine rings is 1. The van der Waals surface area contributed by atoms with Crippen molar-refractivity contribution < 1.29 is 17.9 Å². The summed E-state index contributed by atoms with van der Waals surface area (Å²) < 4.78 is 33.4. The lowest BCUT2D eigenvalue weighted by molar-refractivity contribution is 0.125. The first kappa shape index (κ1) is 29.9. The van der Waals surface area contributed by atoms with Crippen LogP contribution in [0.1, 0.15) is 47.6 Å². The van der Waals surface area contributed by atoms with Crippen LogP contribution in [0.4, 0.5) is 4.79 Å². The maximum Gasteiger partial charge on any atom is 0.317 e. The predicted molar refractivity (Wildman–Crippen MR) is 152 cm³/mol. The van der Waals surface area contributed by atoms with E-state index in [0.29, 0.717) is 53.2 Å². The first-order valence-electron chi connectivity index (χ1n) is 13.3. The van der Waals surface area contributed by atoms with Crippen molar-refractivity contribution in [1.29, 1.82) is 0 Å². The fourth-order valence-electron chi connectivity index (χ4n) is 5.58. The van der Waals surface area contributed by atoms with Crippen LogP contribution in [0.25, 0.3) is 0 Å². The summed E-state index contributed by atoms with van der Waals surface area (Å²) in [6.45, 7) is 7.65. The largest absolute Gasteiger partial charge is 0.496 e. The maximum absolute atomic E-state index is 13.3. The van der Waals surface area contributed by atoms with Gasteiger partial charge in [0.1, 0.15) is 5.75 Å². The molecule has 1 N–H and O–H groups in total. The smallest absolute Gasteiger partial charge is 0.317 e. The third-order valence-corrected chi connectivity index (χ3v) is 9.91. The monoisotopic (exact) mass is 544 g/mol. The van der Waals surface area contributed by atoms with Gasteiger partial charge in [0.2, 0.25) is 10.0 Å². The number of carbonyl (C=O) groups is 1. The van der Waals surface area contributed by atoms with E-state index in [1.807, 2.05) is 24.8 Å². The summed E-state index contributed by atoms with van der Waals surface area (Å²) >= 11 is 0. The number of nitrogens with zero attached hydrogens (tertiary/aromatic N) is 3. The highest BCUT2D eigenvalue weighted by Gasteiger charge is 2.31. The molecule has 38 heavy (non-hydrogen) atoms. The summed E-state index contributed by atoms with van der Waals surface area (Å²) in [5.74, 6) is 1.18. The number of aryl methyl sites for hydroxylation is 1. The topological polar surface area (TPSA) is 82.2 Å². The van der Waals surface area contributed by atoms with Gasteiger partial charge in [-0.2, -0.15) is 0 Å². The molecule has 0 spiro atoms. The van der Waals surface area contributed by atoms with Gasteiger partial charge in [-0.05, 0) is 88.4 Å². The number of sulfonamides is 1. The number of methoxy groups -OCH3 is 1. The van der Waals surface area contributed by atoms with Crippen molar-refractivity contribution in [3.05, 3.63) is 58.7 Å². The predicted octanol–water partition coefficient (Wildman–Crippen LogP) is 4.36. The molecule has 0 radical (unpaired) electrons. The molecule has 0 bridgehead atoms. The van der Waals surface area contributed by atoms with Crippen molar-refractivity contribution in [1.82, 2.24) is 19.4 Å². The minimum absolute atomic E-state index is 0.0763. The van der Waals surface area contributed by atoms with Crippen LogP contribution in [0, 0.1) is 26.7 Å². The number of hydrogen-bond acceptors (Lipinski definition) is 5. The summed E-state index contributed by atoms with van der Waals surface area (Å²) in [6.07, 6.45) is 2.43. The molecular formula is C29H44N4O4S. The molecule has 3 rings (SSSR count). The Kier molecular flexibility index (Phi) is 10.2. The molecule has 8 nitrogen and oxygen atoms in total. The molecule has 9 heteroatoms. The number of benzene rings is 2. The summed E-state index contributed by atoms with van der Waals surface area (Å²) in [4.78, 5) is 17.3. The summed E-state index contributed by atoms with van der Waals surface area (Å²) in [5, 5.41) is 2.98. The normalized spacial score (nSPS) is 15.7. The van der Waals surface area contributed by atoms with E-state index < -0.39 is 10.0 Å². The molecule has 1 unspecified atom stereocenters. The Morgan fingerprint density at radius 2 is 1.71 bits per heavy atom. The number of carbonyl (C=O) groups excluding carboxylic acids is 1. The third-order valence-electron chi connectivity index (χ3n) is 7.76. The summed E-state index contributed by atoms with van der Waals surface area (Å²) in [6, 6.07) is 12.6. The van der Waals surface area contributed by atoms with Crippen molar-refractivity contribution in [2.45, 2.75) is 51.0 Å². The van der Waals surface area contributed by atoms with E-state index in [1.165, 1.54) is 9.87 Å². The Morgan fingerprint density at radius 1 is 1.08 bits per heavy atom. The van der Waals surface area contributed by atoms with Gasteiger partial charge >= 0.3 is 6.03 Å². The second-order valence-electron chi connectivity index (χ2n) is 10.5. The summed E-state index contributed by atoms with van der Waals surface area (Å²) in [7, 11) is 3.75. The molecule has 1 aliphatic rings. The van der Waals surface area contributed by atoms with Crippen LogP contribution in [0.3, 0.4) is 0 Å². The molecule has 1 atom stereocenters. The molecular weight excluding hydrogens is 500 g/mol. The fourth-order valence-corrected chi connectivity index (χ4v) is 7.26. The number of urea groups is 1. The van der Waals surface area contributed by atoms with Crippen LogP contribution >= 0.6 is 0 Å². The number of amides is 2. The number of hydrogen-bond donors (Lipinski definition) is 1. The van der Waals surface area contributed by atoms with Gasteiger partial charge in [0.15, 0.2) is 0 Å². The molecule has 2 aromatic carbocycles. The first-order valence-corrected chi connectivity index (χ1v) is 14.8. The third kappa shape index (κ3) is 6.68. The van der Waals surface area contributed by atoms with Gasteiger partial charge in [0.25, 0.3) is 0 Å². The number of nitrogens with one attached hydrogen (secondary N) is 1. The Labute approximate surface area is 229 Å². The van der Waals surface area contributed by atoms with Crippen molar-refractivity contribution in [3.8, 4) is 5.75 Å². The molecule has 2 amide bonds. The zero-order valence-electron chi connectivity index (χ0n) is 24.0. The lowest BCUT2D eigenvalue weighted by Gasteiger charge is -2.39. The molecule has 0 aliphatic carbocycles. The molecule has 1 fully saturated rings. The lowest BCUT2D eigenvalue weighted by Crippen LogP contribution is -2.46. The van der Waals surface area contributed by atoms with Gasteiger partial charge in [-0.15, -0.1) is 0 Å². The zero-order chi connectivity index (χ0) is 28.0. The molecule has 0 aromatic heterocycles. The highest BCUT2D eigenvalue weighted by molar-refractivity contribution is 7.89. The Balaban J connectivity index is 1.49. The zero-order valence-corrected chi connectivity index (χ0v) is 24.8. The fraction of sp³-hybridized carbons (Fsp3) is 0.552. The van der Waals surface area contributed by atoms with Crippen LogP contribution in [0.5, 0.6) is 5.75 Å². The van der Waals surface area contributed by atoms with Gasteiger partial charge in [-0.25, -0.2) is 17.5 Å². The van der Waals surface area contributed by atoms with Crippen LogP contribution < -0.4 is 10.1 Å². The lowest BCUT2D eigenvalue weighted by atomic mass is 9.85. The Bertz CT molecular complexity index is 1190. The quantitative estimate of drug-likeness (QED) is 0.450. The van der Waals surface area contributed by atoms with Gasteiger partial charge < -0.3 is 19.9 Å². The average Bonchev–Trinajstić information content (AvgIpc) is 2.89. The van der Waals surface area contributed by atoms with Crippen LogP contribution in [-0.2, 0) is 10.0 Å². The Hall–Kier alpha value is -2.62. The van der Waals surface area contributed by atoms with E-state index in [9.17, 15) is 13.2 Å². The molecule has 1 heterocycles. The average molecular weight is 545 g/mol. The second kappa shape index (κ2) is 13.0. The molecule has 1 aliphatic heterocycles. The van der Waals surface area contributed by atoms with E-state index in [2.05, 4.69) is 48.6 Å². The Morgan fingerprint density at radius 3 is 2.29 bits per heavy atom. The van der Waals surface area contributed by atoms with Crippen molar-refractivity contribution >= 4 is 16.1 Å². The van der Waals surface area contributed by atoms with Gasteiger partial charge in [0, 0.05) is 39.3 Å². The first-order chi connectivity index (χ1) is 18.0. The van der Waals surface area contributed by atoms with E-state index in [1.54, 1.807) is 27.1 Å².